The fraction of sp³-hybridized carbons (Fsp3) is 0.667. The van der Waals surface area contributed by atoms with Gasteiger partial charge < -0.3 is 4.74 Å². The summed E-state index contributed by atoms with van der Waals surface area (Å²) in [6, 6.07) is 0. The Morgan fingerprint density at radius 3 is 2.60 bits per heavy atom. The van der Waals surface area contributed by atoms with E-state index < -0.39 is 11.7 Å². The predicted octanol–water partition coefficient (Wildman–Crippen LogP) is 1.17. The van der Waals surface area contributed by atoms with Gasteiger partial charge in [0.25, 0.3) is 0 Å². The second-order valence-corrected chi connectivity index (χ2v) is 4.01. The molecule has 0 saturated heterocycles. The van der Waals surface area contributed by atoms with E-state index >= 15 is 0 Å². The molecule has 0 unspecified atom stereocenters. The third kappa shape index (κ3) is 3.23. The topological polar surface area (TPSA) is 60.2 Å². The van der Waals surface area contributed by atoms with Crippen LogP contribution < -0.4 is 5.01 Å². The molecule has 1 amide bonds. The maximum absolute atomic E-state index is 11.7. The first-order valence-corrected chi connectivity index (χ1v) is 4.79. The van der Waals surface area contributed by atoms with Crippen LogP contribution in [-0.2, 0) is 4.74 Å². The lowest BCUT2D eigenvalue weighted by atomic mass is 10.2. The Hall–Kier alpha value is -1.59. The largest absolute Gasteiger partial charge is 0.442 e. The van der Waals surface area contributed by atoms with E-state index in [9.17, 15) is 4.79 Å². The Bertz CT molecular complexity index is 315. The molecule has 0 spiro atoms. The lowest BCUT2D eigenvalue weighted by Crippen LogP contribution is -2.44. The van der Waals surface area contributed by atoms with Gasteiger partial charge in [-0.15, -0.1) is 5.10 Å². The van der Waals surface area contributed by atoms with Crippen LogP contribution in [0, 0.1) is 0 Å². The summed E-state index contributed by atoms with van der Waals surface area (Å²) < 4.78 is 5.21. The summed E-state index contributed by atoms with van der Waals surface area (Å²) >= 11 is 0. The molecule has 0 fully saturated rings. The molecular formula is C9H16N4O2. The smallest absolute Gasteiger partial charge is 0.430 e. The highest BCUT2D eigenvalue weighted by Crippen LogP contribution is 2.08. The van der Waals surface area contributed by atoms with Crippen LogP contribution in [0.5, 0.6) is 0 Å². The SMILES string of the molecule is CCN(C(=O)OC(C)(C)C)n1cncn1. The molecule has 6 nitrogen and oxygen atoms in total. The van der Waals surface area contributed by atoms with Gasteiger partial charge in [0.05, 0.1) is 0 Å². The van der Waals surface area contributed by atoms with Crippen LogP contribution in [0.2, 0.25) is 0 Å². The third-order valence-electron chi connectivity index (χ3n) is 1.56. The number of carbonyl (C=O) groups is 1. The maximum atomic E-state index is 11.7. The number of nitrogens with zero attached hydrogens (tertiary/aromatic N) is 4. The summed E-state index contributed by atoms with van der Waals surface area (Å²) in [5.74, 6) is 0. The normalized spacial score (nSPS) is 11.2. The zero-order valence-electron chi connectivity index (χ0n) is 9.47. The molecule has 0 aliphatic carbocycles. The number of ether oxygens (including phenoxy) is 1. The van der Waals surface area contributed by atoms with Crippen LogP contribution in [0.1, 0.15) is 27.7 Å². The monoisotopic (exact) mass is 212 g/mol. The van der Waals surface area contributed by atoms with Crippen molar-refractivity contribution in [3.05, 3.63) is 12.7 Å². The van der Waals surface area contributed by atoms with Gasteiger partial charge in [-0.3, -0.25) is 0 Å². The first kappa shape index (κ1) is 11.5. The zero-order chi connectivity index (χ0) is 11.5. The number of amides is 1. The van der Waals surface area contributed by atoms with Gasteiger partial charge in [-0.1, -0.05) is 0 Å². The maximum Gasteiger partial charge on any atom is 0.430 e. The Labute approximate surface area is 88.8 Å². The van der Waals surface area contributed by atoms with Gasteiger partial charge in [-0.05, 0) is 27.7 Å². The van der Waals surface area contributed by atoms with Crippen molar-refractivity contribution in [2.75, 3.05) is 11.6 Å². The number of hydrogen-bond acceptors (Lipinski definition) is 4. The van der Waals surface area contributed by atoms with Gasteiger partial charge in [0, 0.05) is 6.54 Å². The number of carbonyl (C=O) groups excluding carboxylic acids is 1. The molecule has 0 saturated carbocycles. The zero-order valence-corrected chi connectivity index (χ0v) is 9.47. The highest BCUT2D eigenvalue weighted by atomic mass is 16.6. The highest BCUT2D eigenvalue weighted by molar-refractivity contribution is 5.78. The molecule has 0 N–H and O–H groups in total. The summed E-state index contributed by atoms with van der Waals surface area (Å²) in [5.41, 5.74) is -0.509. The summed E-state index contributed by atoms with van der Waals surface area (Å²) in [6.45, 7) is 7.77. The van der Waals surface area contributed by atoms with E-state index in [4.69, 9.17) is 4.74 Å². The minimum absolute atomic E-state index is 0.435. The van der Waals surface area contributed by atoms with Gasteiger partial charge in [-0.2, -0.15) is 9.80 Å². The Kier molecular flexibility index (Phi) is 3.28. The van der Waals surface area contributed by atoms with Gasteiger partial charge in [-0.25, -0.2) is 9.78 Å². The van der Waals surface area contributed by atoms with Crippen molar-refractivity contribution in [2.24, 2.45) is 0 Å². The van der Waals surface area contributed by atoms with E-state index in [1.54, 1.807) is 0 Å². The molecule has 6 heteroatoms. The van der Waals surface area contributed by atoms with E-state index in [1.165, 1.54) is 22.5 Å². The van der Waals surface area contributed by atoms with E-state index in [2.05, 4.69) is 10.1 Å². The molecule has 0 bridgehead atoms. The van der Waals surface area contributed by atoms with Crippen molar-refractivity contribution in [3.63, 3.8) is 0 Å². The van der Waals surface area contributed by atoms with Gasteiger partial charge in [0.1, 0.15) is 18.3 Å². The average molecular weight is 212 g/mol. The lowest BCUT2D eigenvalue weighted by Gasteiger charge is -2.25. The number of hydrogen-bond donors (Lipinski definition) is 0. The molecule has 1 aromatic heterocycles. The van der Waals surface area contributed by atoms with Crippen LogP contribution in [0.25, 0.3) is 0 Å². The third-order valence-corrected chi connectivity index (χ3v) is 1.56. The molecule has 1 rings (SSSR count). The number of aromatic nitrogens is 3. The standard InChI is InChI=1S/C9H16N4O2/c1-5-12(13-7-10-6-11-13)8(14)15-9(2,3)4/h6-7H,5H2,1-4H3. The fourth-order valence-corrected chi connectivity index (χ4v) is 0.999. The van der Waals surface area contributed by atoms with E-state index in [0.29, 0.717) is 6.54 Å². The number of rotatable bonds is 2. The highest BCUT2D eigenvalue weighted by Gasteiger charge is 2.22. The van der Waals surface area contributed by atoms with Crippen molar-refractivity contribution >= 4 is 6.09 Å². The second-order valence-electron chi connectivity index (χ2n) is 4.01. The molecule has 1 heterocycles. The molecule has 0 radical (unpaired) electrons. The van der Waals surface area contributed by atoms with Crippen LogP contribution in [0.4, 0.5) is 4.79 Å². The van der Waals surface area contributed by atoms with Crippen LogP contribution in [-0.4, -0.2) is 33.1 Å². The van der Waals surface area contributed by atoms with Crippen LogP contribution in [0.3, 0.4) is 0 Å². The van der Waals surface area contributed by atoms with Crippen molar-refractivity contribution in [1.82, 2.24) is 14.9 Å². The van der Waals surface area contributed by atoms with Gasteiger partial charge >= 0.3 is 6.09 Å². The molecule has 0 aromatic carbocycles. The molecule has 0 aliphatic heterocycles. The fourth-order valence-electron chi connectivity index (χ4n) is 0.999. The minimum Gasteiger partial charge on any atom is -0.442 e. The molecule has 84 valence electrons. The molecular weight excluding hydrogens is 196 g/mol. The summed E-state index contributed by atoms with van der Waals surface area (Å²) in [7, 11) is 0. The van der Waals surface area contributed by atoms with Crippen LogP contribution >= 0.6 is 0 Å². The second kappa shape index (κ2) is 4.29. The summed E-state index contributed by atoms with van der Waals surface area (Å²) in [4.78, 5) is 16.8. The van der Waals surface area contributed by atoms with Crippen molar-refractivity contribution in [3.8, 4) is 0 Å². The average Bonchev–Trinajstić information content (AvgIpc) is 2.54. The minimum atomic E-state index is -0.509. The molecule has 1 aromatic rings. The van der Waals surface area contributed by atoms with Crippen LogP contribution in [0.15, 0.2) is 12.7 Å². The van der Waals surface area contributed by atoms with Crippen molar-refractivity contribution < 1.29 is 9.53 Å². The summed E-state index contributed by atoms with van der Waals surface area (Å²) in [6.07, 6.45) is 2.39. The lowest BCUT2D eigenvalue weighted by molar-refractivity contribution is 0.0533. The molecule has 0 atom stereocenters. The first-order valence-electron chi connectivity index (χ1n) is 4.79. The summed E-state index contributed by atoms with van der Waals surface area (Å²) in [5, 5.41) is 5.23. The van der Waals surface area contributed by atoms with E-state index in [1.807, 2.05) is 27.7 Å². The quantitative estimate of drug-likeness (QED) is 0.738. The Balaban J connectivity index is 2.72. The van der Waals surface area contributed by atoms with Gasteiger partial charge in [0.15, 0.2) is 0 Å². The van der Waals surface area contributed by atoms with E-state index in [0.717, 1.165) is 0 Å². The van der Waals surface area contributed by atoms with Crippen molar-refractivity contribution in [2.45, 2.75) is 33.3 Å². The predicted molar refractivity (Wildman–Crippen MR) is 55.0 cm³/mol. The Morgan fingerprint density at radius 2 is 2.20 bits per heavy atom. The van der Waals surface area contributed by atoms with Gasteiger partial charge in [0.2, 0.25) is 0 Å². The van der Waals surface area contributed by atoms with Crippen molar-refractivity contribution in [1.29, 1.82) is 0 Å². The molecule has 0 aliphatic rings. The van der Waals surface area contributed by atoms with E-state index in [-0.39, 0.29) is 0 Å². The molecule has 15 heavy (non-hydrogen) atoms. The Morgan fingerprint density at radius 1 is 1.53 bits per heavy atom. The first-order chi connectivity index (χ1) is 6.94.